The lowest BCUT2D eigenvalue weighted by Crippen LogP contribution is -2.04. The summed E-state index contributed by atoms with van der Waals surface area (Å²) in [5, 5.41) is 23.1. The minimum atomic E-state index is -5.19. The number of halogens is 1. The van der Waals surface area contributed by atoms with Crippen LogP contribution in [0, 0.1) is 0 Å². The molecule has 0 aliphatic heterocycles. The molecular weight excluding hydrogens is 818 g/mol. The monoisotopic (exact) mass is 837 g/mol. The normalized spacial score (nSPS) is 12.8. The minimum Gasteiger partial charge on any atom is -0.505 e. The molecule has 7 N–H and O–H groups in total. The number of fused-ring (bicyclic) bond motifs is 2. The molecular formula is C29H20ClN7O13S4. The number of nitrogens with zero attached hydrogens (tertiary/aromatic N) is 5. The molecule has 6 rings (SSSR count). The third-order valence-electron chi connectivity index (χ3n) is 7.35. The number of phenolic OH excluding ortho intramolecular Hbond substituents is 1. The molecule has 0 spiro atoms. The summed E-state index contributed by atoms with van der Waals surface area (Å²) in [7, 11) is -19.6. The highest BCUT2D eigenvalue weighted by Crippen LogP contribution is 2.43. The van der Waals surface area contributed by atoms with Crippen molar-refractivity contribution in [2.75, 3.05) is 10.6 Å². The Labute approximate surface area is 309 Å². The van der Waals surface area contributed by atoms with Gasteiger partial charge in [-0.3, -0.25) is 18.2 Å². The number of rotatable bonds is 10. The number of hydrogen-bond donors (Lipinski definition) is 7. The second-order valence-corrected chi connectivity index (χ2v) is 16.8. The van der Waals surface area contributed by atoms with Gasteiger partial charge in [0.25, 0.3) is 40.5 Å². The van der Waals surface area contributed by atoms with Crippen LogP contribution in [-0.4, -0.2) is 71.9 Å². The maximum atomic E-state index is 12.5. The van der Waals surface area contributed by atoms with Gasteiger partial charge in [-0.25, -0.2) is 0 Å². The molecule has 0 fully saturated rings. The van der Waals surface area contributed by atoms with Gasteiger partial charge in [0.2, 0.25) is 17.2 Å². The van der Waals surface area contributed by atoms with E-state index in [9.17, 15) is 52.4 Å². The van der Waals surface area contributed by atoms with Gasteiger partial charge in [-0.15, -0.1) is 10.2 Å². The molecule has 0 aliphatic carbocycles. The van der Waals surface area contributed by atoms with E-state index in [0.29, 0.717) is 5.69 Å². The van der Waals surface area contributed by atoms with Gasteiger partial charge in [-0.2, -0.15) is 48.6 Å². The second-order valence-electron chi connectivity index (χ2n) is 10.9. The van der Waals surface area contributed by atoms with E-state index < -0.39 is 77.7 Å². The van der Waals surface area contributed by atoms with Crippen LogP contribution in [0.3, 0.4) is 0 Å². The molecule has 0 amide bonds. The number of nitrogens with one attached hydrogen (secondary N) is 2. The first-order valence-electron chi connectivity index (χ1n) is 14.3. The summed E-state index contributed by atoms with van der Waals surface area (Å²) in [6.45, 7) is 0. The van der Waals surface area contributed by atoms with E-state index in [1.165, 1.54) is 30.3 Å². The van der Waals surface area contributed by atoms with Gasteiger partial charge >= 0.3 is 0 Å². The Morgan fingerprint density at radius 2 is 1.17 bits per heavy atom. The fourth-order valence-corrected chi connectivity index (χ4v) is 7.95. The summed E-state index contributed by atoms with van der Waals surface area (Å²) >= 11 is 6.05. The predicted molar refractivity (Wildman–Crippen MR) is 191 cm³/mol. The molecule has 20 nitrogen and oxygen atoms in total. The van der Waals surface area contributed by atoms with Crippen LogP contribution < -0.4 is 10.6 Å². The van der Waals surface area contributed by atoms with Crippen LogP contribution in [-0.2, 0) is 40.5 Å². The number of aromatic nitrogens is 3. The Balaban J connectivity index is 1.38. The molecule has 0 unspecified atom stereocenters. The van der Waals surface area contributed by atoms with Crippen molar-refractivity contribution in [3.05, 3.63) is 84.1 Å². The fourth-order valence-electron chi connectivity index (χ4n) is 5.12. The van der Waals surface area contributed by atoms with Gasteiger partial charge in [-0.05, 0) is 77.7 Å². The summed E-state index contributed by atoms with van der Waals surface area (Å²) in [5.41, 5.74) is -0.980. The van der Waals surface area contributed by atoms with Crippen molar-refractivity contribution < 1.29 is 57.0 Å². The quantitative estimate of drug-likeness (QED) is 0.0668. The zero-order chi connectivity index (χ0) is 39.4. The number of azo groups is 1. The van der Waals surface area contributed by atoms with Crippen LogP contribution in [0.1, 0.15) is 0 Å². The molecule has 1 aromatic heterocycles. The maximum absolute atomic E-state index is 12.5. The fraction of sp³-hybridized carbons (Fsp3) is 0. The van der Waals surface area contributed by atoms with Gasteiger partial charge in [-0.1, -0.05) is 18.2 Å². The van der Waals surface area contributed by atoms with Crippen molar-refractivity contribution in [1.29, 1.82) is 0 Å². The van der Waals surface area contributed by atoms with E-state index in [2.05, 4.69) is 35.8 Å². The first-order valence-corrected chi connectivity index (χ1v) is 20.5. The van der Waals surface area contributed by atoms with Crippen molar-refractivity contribution in [3.63, 3.8) is 0 Å². The summed E-state index contributed by atoms with van der Waals surface area (Å²) in [6.07, 6.45) is 0. The van der Waals surface area contributed by atoms with Crippen LogP contribution in [0.2, 0.25) is 5.28 Å². The number of anilines is 4. The van der Waals surface area contributed by atoms with Crippen LogP contribution in [0.4, 0.5) is 34.6 Å². The highest BCUT2D eigenvalue weighted by atomic mass is 35.5. The van der Waals surface area contributed by atoms with Crippen LogP contribution in [0.25, 0.3) is 21.5 Å². The third-order valence-corrected chi connectivity index (χ3v) is 11.1. The van der Waals surface area contributed by atoms with E-state index in [4.69, 9.17) is 16.2 Å². The molecule has 0 radical (unpaired) electrons. The molecule has 5 aromatic carbocycles. The van der Waals surface area contributed by atoms with Crippen LogP contribution in [0.15, 0.2) is 109 Å². The highest BCUT2D eigenvalue weighted by molar-refractivity contribution is 7.87. The average Bonchev–Trinajstić information content (AvgIpc) is 3.05. The molecule has 6 aromatic rings. The Morgan fingerprint density at radius 3 is 1.76 bits per heavy atom. The van der Waals surface area contributed by atoms with E-state index in [1.54, 1.807) is 0 Å². The molecule has 280 valence electrons. The van der Waals surface area contributed by atoms with Gasteiger partial charge in [0.1, 0.15) is 26.1 Å². The second kappa shape index (κ2) is 13.8. The van der Waals surface area contributed by atoms with Crippen molar-refractivity contribution in [1.82, 2.24) is 15.0 Å². The Morgan fingerprint density at radius 1 is 0.574 bits per heavy atom. The van der Waals surface area contributed by atoms with E-state index in [0.717, 1.165) is 48.5 Å². The lowest BCUT2D eigenvalue weighted by atomic mass is 10.1. The number of benzene rings is 5. The molecule has 25 heteroatoms. The van der Waals surface area contributed by atoms with Crippen LogP contribution >= 0.6 is 11.6 Å². The Hall–Kier alpha value is -5.44. The zero-order valence-corrected chi connectivity index (χ0v) is 30.3. The van der Waals surface area contributed by atoms with Gasteiger partial charge in [0.05, 0.1) is 4.90 Å². The highest BCUT2D eigenvalue weighted by Gasteiger charge is 2.26. The van der Waals surface area contributed by atoms with Gasteiger partial charge in [0.15, 0.2) is 5.75 Å². The van der Waals surface area contributed by atoms with Crippen molar-refractivity contribution >= 4 is 108 Å². The van der Waals surface area contributed by atoms with E-state index in [1.807, 2.05) is 0 Å². The summed E-state index contributed by atoms with van der Waals surface area (Å²) in [5.74, 6) is -1.07. The van der Waals surface area contributed by atoms with Crippen molar-refractivity contribution in [3.8, 4) is 5.75 Å². The van der Waals surface area contributed by atoms with Gasteiger partial charge < -0.3 is 15.7 Å². The number of hydrogen-bond acceptors (Lipinski definition) is 16. The molecule has 0 bridgehead atoms. The predicted octanol–water partition coefficient (Wildman–Crippen LogP) is 5.43. The summed E-state index contributed by atoms with van der Waals surface area (Å²) < 4.78 is 135. The van der Waals surface area contributed by atoms with Crippen molar-refractivity contribution in [2.24, 2.45) is 10.2 Å². The lowest BCUT2D eigenvalue weighted by molar-refractivity contribution is 0.472. The number of aromatic hydroxyl groups is 1. The SMILES string of the molecule is O=S(=O)(O)c1ccc(Nc2nc(Cl)nc(Nc3ccc4c(O)c(N=Nc5ccc6c(S(=O)(=O)O)cccc6c5S(=O)(=O)O)c(S(=O)(=O)O)cc4c3)n2)cc1. The molecule has 54 heavy (non-hydrogen) atoms. The molecule has 0 aliphatic rings. The number of phenols is 1. The average molecular weight is 838 g/mol. The standard InChI is InChI=1S/C29H20ClN7O13S4/c30-27-33-28(31-15-4-7-17(8-5-15)51(39,40)41)35-29(34-27)32-16-6-9-18-14(12-16)13-23(53(45,46)47)24(25(18)38)37-36-21-11-10-19-20(26(21)54(48,49)50)2-1-3-22(19)52(42,43)44/h1-13,38H,(H,39,40,41)(H,42,43,44)(H,45,46,47)(H,48,49,50)(H2,31,32,33,34,35). The topological polar surface area (TPSA) is 325 Å². The minimum absolute atomic E-state index is 0.00331. The zero-order valence-electron chi connectivity index (χ0n) is 26.3. The van der Waals surface area contributed by atoms with Crippen molar-refractivity contribution in [2.45, 2.75) is 19.6 Å². The lowest BCUT2D eigenvalue weighted by Gasteiger charge is -2.12. The summed E-state index contributed by atoms with van der Waals surface area (Å²) in [4.78, 5) is 9.07. The van der Waals surface area contributed by atoms with Crippen LogP contribution in [0.5, 0.6) is 5.75 Å². The molecule has 1 heterocycles. The molecule has 0 atom stereocenters. The first-order chi connectivity index (χ1) is 25.1. The van der Waals surface area contributed by atoms with Gasteiger partial charge in [0, 0.05) is 27.5 Å². The maximum Gasteiger partial charge on any atom is 0.297 e. The Kier molecular flexibility index (Phi) is 9.76. The van der Waals surface area contributed by atoms with E-state index in [-0.39, 0.29) is 43.9 Å². The third kappa shape index (κ3) is 8.05. The first kappa shape index (κ1) is 38.3. The summed E-state index contributed by atoms with van der Waals surface area (Å²) in [6, 6.07) is 14.9. The smallest absolute Gasteiger partial charge is 0.297 e. The molecule has 0 saturated heterocycles. The molecule has 0 saturated carbocycles. The van der Waals surface area contributed by atoms with E-state index >= 15 is 0 Å². The Bertz CT molecular complexity index is 3020. The largest absolute Gasteiger partial charge is 0.505 e.